The summed E-state index contributed by atoms with van der Waals surface area (Å²) in [5.74, 6) is 0.973. The Kier molecular flexibility index (Phi) is 5.59. The van der Waals surface area contributed by atoms with Gasteiger partial charge in [0, 0.05) is 31.2 Å². The van der Waals surface area contributed by atoms with Crippen LogP contribution in [0.5, 0.6) is 5.75 Å². The zero-order chi connectivity index (χ0) is 13.7. The van der Waals surface area contributed by atoms with E-state index in [1.54, 1.807) is 7.11 Å². The van der Waals surface area contributed by atoms with Crippen LogP contribution in [0, 0.1) is 20.8 Å². The molecule has 0 saturated carbocycles. The van der Waals surface area contributed by atoms with E-state index < -0.39 is 0 Å². The molecule has 5 N–H and O–H groups in total. The second-order valence-electron chi connectivity index (χ2n) is 4.77. The van der Waals surface area contributed by atoms with Crippen LogP contribution >= 0.6 is 0 Å². The fraction of sp³-hybridized carbons (Fsp3) is 0.571. The van der Waals surface area contributed by atoms with Crippen molar-refractivity contribution in [1.29, 1.82) is 0 Å². The first kappa shape index (κ1) is 15.0. The van der Waals surface area contributed by atoms with Gasteiger partial charge in [0.05, 0.1) is 7.11 Å². The van der Waals surface area contributed by atoms with Crippen molar-refractivity contribution in [2.75, 3.05) is 20.2 Å². The maximum Gasteiger partial charge on any atom is 0.126 e. The van der Waals surface area contributed by atoms with Gasteiger partial charge in [-0.2, -0.15) is 0 Å². The van der Waals surface area contributed by atoms with E-state index in [1.807, 2.05) is 0 Å². The number of nitrogens with two attached hydrogens (primary N) is 2. The Morgan fingerprint density at radius 3 is 2.50 bits per heavy atom. The molecule has 1 aromatic carbocycles. The molecule has 0 saturated heterocycles. The number of nitrogens with one attached hydrogen (secondary N) is 1. The van der Waals surface area contributed by atoms with Gasteiger partial charge in [-0.1, -0.05) is 6.07 Å². The van der Waals surface area contributed by atoms with Crippen LogP contribution in [0.3, 0.4) is 0 Å². The van der Waals surface area contributed by atoms with Crippen molar-refractivity contribution in [1.82, 2.24) is 5.32 Å². The molecule has 1 rings (SSSR count). The quantitative estimate of drug-likeness (QED) is 0.705. The number of hydrogen-bond donors (Lipinski definition) is 3. The van der Waals surface area contributed by atoms with Crippen LogP contribution in [0.4, 0.5) is 0 Å². The maximum absolute atomic E-state index is 5.78. The largest absolute Gasteiger partial charge is 0.496 e. The summed E-state index contributed by atoms with van der Waals surface area (Å²) in [5, 5.41) is 3.33. The Morgan fingerprint density at radius 2 is 1.94 bits per heavy atom. The molecule has 0 bridgehead atoms. The third-order valence-electron chi connectivity index (χ3n) is 3.33. The topological polar surface area (TPSA) is 73.3 Å². The van der Waals surface area contributed by atoms with Gasteiger partial charge in [0.2, 0.25) is 0 Å². The van der Waals surface area contributed by atoms with E-state index in [1.165, 1.54) is 22.3 Å². The van der Waals surface area contributed by atoms with Crippen molar-refractivity contribution >= 4 is 0 Å². The van der Waals surface area contributed by atoms with E-state index in [-0.39, 0.29) is 6.04 Å². The minimum atomic E-state index is 0.00264. The monoisotopic (exact) mass is 251 g/mol. The summed E-state index contributed by atoms with van der Waals surface area (Å²) < 4.78 is 5.53. The van der Waals surface area contributed by atoms with E-state index in [0.717, 1.165) is 12.3 Å². The summed E-state index contributed by atoms with van der Waals surface area (Å²) in [6, 6.07) is 2.19. The lowest BCUT2D eigenvalue weighted by Crippen LogP contribution is -2.39. The molecule has 102 valence electrons. The van der Waals surface area contributed by atoms with Gasteiger partial charge >= 0.3 is 0 Å². The van der Waals surface area contributed by atoms with Crippen LogP contribution in [0.2, 0.25) is 0 Å². The first-order valence-electron chi connectivity index (χ1n) is 6.31. The number of ether oxygens (including phenoxy) is 1. The molecule has 1 unspecified atom stereocenters. The second-order valence-corrected chi connectivity index (χ2v) is 4.77. The molecular weight excluding hydrogens is 226 g/mol. The van der Waals surface area contributed by atoms with Gasteiger partial charge in [-0.15, -0.1) is 0 Å². The van der Waals surface area contributed by atoms with Crippen LogP contribution in [-0.2, 0) is 6.54 Å². The molecule has 0 fully saturated rings. The molecule has 4 heteroatoms. The molecule has 0 radical (unpaired) electrons. The molecule has 18 heavy (non-hydrogen) atoms. The van der Waals surface area contributed by atoms with Crippen molar-refractivity contribution in [3.63, 3.8) is 0 Å². The highest BCUT2D eigenvalue weighted by atomic mass is 16.5. The lowest BCUT2D eigenvalue weighted by atomic mass is 9.99. The molecule has 0 aromatic heterocycles. The molecule has 4 nitrogen and oxygen atoms in total. The average molecular weight is 251 g/mol. The van der Waals surface area contributed by atoms with Crippen molar-refractivity contribution in [2.24, 2.45) is 11.5 Å². The normalized spacial score (nSPS) is 12.6. The number of rotatable bonds is 6. The van der Waals surface area contributed by atoms with E-state index in [0.29, 0.717) is 13.1 Å². The smallest absolute Gasteiger partial charge is 0.126 e. The fourth-order valence-electron chi connectivity index (χ4n) is 2.07. The van der Waals surface area contributed by atoms with Gasteiger partial charge in [-0.05, 0) is 37.5 Å². The molecule has 1 atom stereocenters. The van der Waals surface area contributed by atoms with E-state index in [9.17, 15) is 0 Å². The van der Waals surface area contributed by atoms with Crippen LogP contribution in [-0.4, -0.2) is 26.2 Å². The average Bonchev–Trinajstić information content (AvgIpc) is 2.35. The molecule has 0 aliphatic carbocycles. The summed E-state index contributed by atoms with van der Waals surface area (Å²) >= 11 is 0. The number of aryl methyl sites for hydroxylation is 2. The molecule has 0 aliphatic rings. The first-order valence-corrected chi connectivity index (χ1v) is 6.31. The van der Waals surface area contributed by atoms with Crippen LogP contribution in [0.25, 0.3) is 0 Å². The molecule has 0 spiro atoms. The van der Waals surface area contributed by atoms with E-state index in [4.69, 9.17) is 16.2 Å². The molecule has 0 amide bonds. The van der Waals surface area contributed by atoms with Crippen molar-refractivity contribution < 1.29 is 4.74 Å². The van der Waals surface area contributed by atoms with Crippen LogP contribution < -0.4 is 21.5 Å². The lowest BCUT2D eigenvalue weighted by Gasteiger charge is -2.18. The van der Waals surface area contributed by atoms with Crippen molar-refractivity contribution in [3.8, 4) is 5.75 Å². The van der Waals surface area contributed by atoms with Gasteiger partial charge in [0.1, 0.15) is 5.75 Å². The fourth-order valence-corrected chi connectivity index (χ4v) is 2.07. The Hall–Kier alpha value is -1.10. The predicted molar refractivity (Wildman–Crippen MR) is 75.9 cm³/mol. The number of methoxy groups -OCH3 is 1. The minimum absolute atomic E-state index is 0.00264. The summed E-state index contributed by atoms with van der Waals surface area (Å²) in [6.45, 7) is 8.26. The van der Waals surface area contributed by atoms with Gasteiger partial charge in [0.25, 0.3) is 0 Å². The lowest BCUT2D eigenvalue weighted by molar-refractivity contribution is 0.403. The number of hydrogen-bond acceptors (Lipinski definition) is 4. The van der Waals surface area contributed by atoms with E-state index in [2.05, 4.69) is 32.2 Å². The Bertz CT molecular complexity index is 405. The highest BCUT2D eigenvalue weighted by Gasteiger charge is 2.12. The van der Waals surface area contributed by atoms with Crippen LogP contribution in [0.15, 0.2) is 6.07 Å². The van der Waals surface area contributed by atoms with Gasteiger partial charge in [-0.3, -0.25) is 0 Å². The number of benzene rings is 1. The molecule has 1 aromatic rings. The Labute approximate surface area is 110 Å². The molecular formula is C14H25N3O. The summed E-state index contributed by atoms with van der Waals surface area (Å²) in [6.07, 6.45) is 0. The Morgan fingerprint density at radius 1 is 1.28 bits per heavy atom. The zero-order valence-corrected chi connectivity index (χ0v) is 11.8. The van der Waals surface area contributed by atoms with E-state index >= 15 is 0 Å². The summed E-state index contributed by atoms with van der Waals surface area (Å²) in [7, 11) is 1.72. The predicted octanol–water partition coefficient (Wildman–Crippen LogP) is 0.996. The van der Waals surface area contributed by atoms with Gasteiger partial charge in [0.15, 0.2) is 0 Å². The summed E-state index contributed by atoms with van der Waals surface area (Å²) in [5.41, 5.74) is 16.2. The van der Waals surface area contributed by atoms with Crippen LogP contribution in [0.1, 0.15) is 22.3 Å². The second kappa shape index (κ2) is 6.73. The van der Waals surface area contributed by atoms with Crippen molar-refractivity contribution in [3.05, 3.63) is 28.3 Å². The van der Waals surface area contributed by atoms with Gasteiger partial charge in [-0.25, -0.2) is 0 Å². The third kappa shape index (κ3) is 3.45. The summed E-state index contributed by atoms with van der Waals surface area (Å²) in [4.78, 5) is 0. The highest BCUT2D eigenvalue weighted by molar-refractivity contribution is 5.49. The highest BCUT2D eigenvalue weighted by Crippen LogP contribution is 2.29. The molecule has 0 heterocycles. The minimum Gasteiger partial charge on any atom is -0.496 e. The SMILES string of the molecule is COc1c(C)c(C)cc(C)c1CNCC(N)CN. The maximum atomic E-state index is 5.78. The molecule has 0 aliphatic heterocycles. The standard InChI is InChI=1S/C14H25N3O/c1-9-5-10(2)13(14(18-4)11(9)3)8-17-7-12(16)6-15/h5,12,17H,6-8,15-16H2,1-4H3. The first-order chi connectivity index (χ1) is 8.51. The zero-order valence-electron chi connectivity index (χ0n) is 11.8. The Balaban J connectivity index is 2.84. The third-order valence-corrected chi connectivity index (χ3v) is 3.33. The van der Waals surface area contributed by atoms with Crippen molar-refractivity contribution in [2.45, 2.75) is 33.4 Å². The van der Waals surface area contributed by atoms with Gasteiger partial charge < -0.3 is 21.5 Å².